The highest BCUT2D eigenvalue weighted by Crippen LogP contribution is 2.18. The molecule has 0 bridgehead atoms. The molecule has 0 N–H and O–H groups in total. The number of aromatic nitrogens is 1. The van der Waals surface area contributed by atoms with Gasteiger partial charge in [-0.05, 0) is 18.2 Å². The van der Waals surface area contributed by atoms with Gasteiger partial charge in [0, 0.05) is 12.3 Å². The lowest BCUT2D eigenvalue weighted by Gasteiger charge is -2.06. The van der Waals surface area contributed by atoms with Gasteiger partial charge in [0.05, 0.1) is 22.5 Å². The fourth-order valence-corrected chi connectivity index (χ4v) is 1.46. The highest BCUT2D eigenvalue weighted by molar-refractivity contribution is 6.08. The Morgan fingerprint density at radius 1 is 1.00 bits per heavy atom. The van der Waals surface area contributed by atoms with Crippen molar-refractivity contribution in [2.75, 3.05) is 6.23 Å². The molecule has 0 atom stereocenters. The summed E-state index contributed by atoms with van der Waals surface area (Å²) in [6, 6.07) is 15.2. The molecule has 0 spiro atoms. The van der Waals surface area contributed by atoms with Crippen LogP contribution in [0.2, 0.25) is 0 Å². The lowest BCUT2D eigenvalue weighted by molar-refractivity contribution is 0.161. The van der Waals surface area contributed by atoms with E-state index in [4.69, 9.17) is 9.47 Å². The van der Waals surface area contributed by atoms with E-state index in [0.717, 1.165) is 11.4 Å². The predicted octanol–water partition coefficient (Wildman–Crippen LogP) is 2.52. The number of nitrogens with zero attached hydrogens (tertiary/aromatic N) is 1. The van der Waals surface area contributed by atoms with Crippen LogP contribution in [0.4, 0.5) is 0 Å². The van der Waals surface area contributed by atoms with E-state index >= 15 is 0 Å². The second-order valence-corrected chi connectivity index (χ2v) is 3.66. The zero-order valence-corrected chi connectivity index (χ0v) is 10.3. The van der Waals surface area contributed by atoms with Crippen molar-refractivity contribution in [3.05, 3.63) is 54.2 Å². The van der Waals surface area contributed by atoms with Crippen molar-refractivity contribution >= 4 is 10.2 Å². The van der Waals surface area contributed by atoms with Crippen molar-refractivity contribution in [3.8, 4) is 11.6 Å². The minimum absolute atomic E-state index is 0.468. The zero-order chi connectivity index (χ0) is 11.9. The lowest BCUT2D eigenvalue weighted by atomic mass is 10.3. The summed E-state index contributed by atoms with van der Waals surface area (Å²) in [5, 5.41) is 0. The van der Waals surface area contributed by atoms with Gasteiger partial charge in [-0.1, -0.05) is 24.3 Å². The molecule has 17 heavy (non-hydrogen) atoms. The summed E-state index contributed by atoms with van der Waals surface area (Å²) in [5.74, 6) is 1.35. The van der Waals surface area contributed by atoms with Gasteiger partial charge in [0.1, 0.15) is 5.75 Å². The Bertz CT molecular complexity index is 462. The first-order chi connectivity index (χ1) is 8.38. The minimum Gasteiger partial charge on any atom is -0.439 e. The van der Waals surface area contributed by atoms with Crippen LogP contribution in [0.25, 0.3) is 0 Å². The third kappa shape index (κ3) is 3.69. The molecular weight excluding hydrogens is 230 g/mol. The summed E-state index contributed by atoms with van der Waals surface area (Å²) in [7, 11) is 3.24. The first-order valence-electron chi connectivity index (χ1n) is 5.29. The van der Waals surface area contributed by atoms with Gasteiger partial charge in [0.15, 0.2) is 0 Å². The molecule has 0 aliphatic rings. The van der Waals surface area contributed by atoms with Crippen LogP contribution in [0.3, 0.4) is 0 Å². The van der Waals surface area contributed by atoms with Crippen LogP contribution >= 0.6 is 0 Å². The van der Waals surface area contributed by atoms with Crippen molar-refractivity contribution in [2.45, 2.75) is 6.61 Å². The summed E-state index contributed by atoms with van der Waals surface area (Å²) < 4.78 is 10.8. The molecule has 0 fully saturated rings. The van der Waals surface area contributed by atoms with Crippen LogP contribution in [0.15, 0.2) is 48.5 Å². The van der Waals surface area contributed by atoms with Gasteiger partial charge < -0.3 is 9.47 Å². The van der Waals surface area contributed by atoms with E-state index in [1.807, 2.05) is 48.5 Å². The molecule has 1 heterocycles. The van der Waals surface area contributed by atoms with Crippen molar-refractivity contribution < 1.29 is 9.47 Å². The summed E-state index contributed by atoms with van der Waals surface area (Å²) in [6.07, 6.45) is 0.492. The van der Waals surface area contributed by atoms with Crippen molar-refractivity contribution in [1.29, 1.82) is 0 Å². The molecule has 0 unspecified atom stereocenters. The molecule has 85 valence electrons. The molecule has 0 amide bonds. The highest BCUT2D eigenvalue weighted by atomic mass is 28.1. The van der Waals surface area contributed by atoms with Crippen LogP contribution in [-0.2, 0) is 11.3 Å². The van der Waals surface area contributed by atoms with Gasteiger partial charge in [-0.15, -0.1) is 0 Å². The monoisotopic (exact) mass is 242 g/mol. The number of ether oxygens (including phenoxy) is 2. The summed E-state index contributed by atoms with van der Waals surface area (Å²) >= 11 is 0. The third-order valence-electron chi connectivity index (χ3n) is 2.10. The first kappa shape index (κ1) is 11.8. The number of para-hydroxylation sites is 1. The Kier molecular flexibility index (Phi) is 4.29. The maximum absolute atomic E-state index is 5.62. The second kappa shape index (κ2) is 6.17. The van der Waals surface area contributed by atoms with Gasteiger partial charge in [-0.2, -0.15) is 0 Å². The summed E-state index contributed by atoms with van der Waals surface area (Å²) in [5.41, 5.74) is 0.844. The van der Waals surface area contributed by atoms with E-state index in [1.54, 1.807) is 0 Å². The Morgan fingerprint density at radius 2 is 1.82 bits per heavy atom. The fourth-order valence-electron chi connectivity index (χ4n) is 1.36. The number of pyridine rings is 1. The number of benzene rings is 1. The number of rotatable bonds is 5. The molecule has 0 aliphatic carbocycles. The van der Waals surface area contributed by atoms with Gasteiger partial charge in [0.25, 0.3) is 0 Å². The van der Waals surface area contributed by atoms with Gasteiger partial charge in [-0.25, -0.2) is 4.98 Å². The SMILES string of the molecule is [Si]COCc1cccc(Oc2ccccc2)n1. The van der Waals surface area contributed by atoms with Crippen LogP contribution < -0.4 is 4.74 Å². The van der Waals surface area contributed by atoms with E-state index in [-0.39, 0.29) is 0 Å². The average Bonchev–Trinajstić information content (AvgIpc) is 2.38. The largest absolute Gasteiger partial charge is 0.439 e. The standard InChI is InChI=1S/C13H12NO2Si/c17-10-15-9-11-5-4-8-13(14-11)16-12-6-2-1-3-7-12/h1-8H,9-10H2. The quantitative estimate of drug-likeness (QED) is 0.755. The molecule has 0 saturated heterocycles. The molecule has 1 aromatic carbocycles. The van der Waals surface area contributed by atoms with Crippen molar-refractivity contribution in [2.24, 2.45) is 0 Å². The Hall–Kier alpha value is -1.65. The maximum Gasteiger partial charge on any atom is 0.219 e. The number of hydrogen-bond donors (Lipinski definition) is 0. The van der Waals surface area contributed by atoms with Crippen molar-refractivity contribution in [1.82, 2.24) is 4.98 Å². The molecule has 0 saturated carbocycles. The molecule has 0 aliphatic heterocycles. The normalized spacial score (nSPS) is 10.2. The first-order valence-corrected chi connectivity index (χ1v) is 6.00. The molecule has 3 nitrogen and oxygen atoms in total. The van der Waals surface area contributed by atoms with Crippen LogP contribution in [-0.4, -0.2) is 21.5 Å². The van der Waals surface area contributed by atoms with Crippen LogP contribution in [0, 0.1) is 0 Å². The third-order valence-corrected chi connectivity index (χ3v) is 2.30. The average molecular weight is 242 g/mol. The van der Waals surface area contributed by atoms with Crippen molar-refractivity contribution in [3.63, 3.8) is 0 Å². The number of hydrogen-bond acceptors (Lipinski definition) is 3. The Balaban J connectivity index is 2.06. The minimum atomic E-state index is 0.468. The second-order valence-electron chi connectivity index (χ2n) is 3.38. The smallest absolute Gasteiger partial charge is 0.219 e. The fraction of sp³-hybridized carbons (Fsp3) is 0.154. The molecule has 2 aromatic rings. The van der Waals surface area contributed by atoms with Gasteiger partial charge in [-0.3, -0.25) is 0 Å². The molecule has 1 aromatic heterocycles. The van der Waals surface area contributed by atoms with Gasteiger partial charge >= 0.3 is 0 Å². The van der Waals surface area contributed by atoms with E-state index in [2.05, 4.69) is 15.2 Å². The zero-order valence-electron chi connectivity index (χ0n) is 9.30. The molecule has 2 rings (SSSR count). The van der Waals surface area contributed by atoms with E-state index in [1.165, 1.54) is 0 Å². The van der Waals surface area contributed by atoms with E-state index < -0.39 is 0 Å². The Morgan fingerprint density at radius 3 is 2.59 bits per heavy atom. The maximum atomic E-state index is 5.62. The highest BCUT2D eigenvalue weighted by Gasteiger charge is 2.00. The lowest BCUT2D eigenvalue weighted by Crippen LogP contribution is -1.98. The van der Waals surface area contributed by atoms with E-state index in [0.29, 0.717) is 18.7 Å². The molecule has 4 heteroatoms. The van der Waals surface area contributed by atoms with Crippen LogP contribution in [0.5, 0.6) is 11.6 Å². The van der Waals surface area contributed by atoms with E-state index in [9.17, 15) is 0 Å². The Labute approximate surface area is 104 Å². The van der Waals surface area contributed by atoms with Crippen LogP contribution in [0.1, 0.15) is 5.69 Å². The summed E-state index contributed by atoms with van der Waals surface area (Å²) in [6.45, 7) is 0.468. The predicted molar refractivity (Wildman–Crippen MR) is 66.2 cm³/mol. The summed E-state index contributed by atoms with van der Waals surface area (Å²) in [4.78, 5) is 4.34. The molecule has 3 radical (unpaired) electrons. The van der Waals surface area contributed by atoms with Gasteiger partial charge in [0.2, 0.25) is 5.88 Å². The topological polar surface area (TPSA) is 31.4 Å². The molecular formula is C13H12NO2Si.